The van der Waals surface area contributed by atoms with Crippen molar-refractivity contribution in [3.63, 3.8) is 0 Å². The monoisotopic (exact) mass is 444 g/mol. The second-order valence-corrected chi connectivity index (χ2v) is 8.54. The van der Waals surface area contributed by atoms with E-state index in [1.54, 1.807) is 0 Å². The van der Waals surface area contributed by atoms with Crippen molar-refractivity contribution >= 4 is 0 Å². The van der Waals surface area contributed by atoms with Gasteiger partial charge in [0.25, 0.3) is 0 Å². The molecule has 20 heavy (non-hydrogen) atoms. The molecule has 0 heterocycles. The van der Waals surface area contributed by atoms with Crippen LogP contribution in [0, 0.1) is 48.3 Å². The summed E-state index contributed by atoms with van der Waals surface area (Å²) >= 11 is 0. The zero-order valence-electron chi connectivity index (χ0n) is 15.8. The number of hydrogen-bond donors (Lipinski definition) is 0. The summed E-state index contributed by atoms with van der Waals surface area (Å²) < 4.78 is 0. The maximum atomic E-state index is 4.51. The van der Waals surface area contributed by atoms with Gasteiger partial charge in [-0.1, -0.05) is 66.7 Å². The van der Waals surface area contributed by atoms with Crippen LogP contribution in [0.4, 0.5) is 0 Å². The van der Waals surface area contributed by atoms with Crippen molar-refractivity contribution in [2.75, 3.05) is 0 Å². The largest absolute Gasteiger partial charge is 1.00 e. The predicted molar refractivity (Wildman–Crippen MR) is 86.0 cm³/mol. The molecule has 0 saturated heterocycles. The predicted octanol–water partition coefficient (Wildman–Crippen LogP) is 6.23. The first-order chi connectivity index (χ1) is 7.22. The molecule has 0 nitrogen and oxygen atoms in total. The second kappa shape index (κ2) is 9.77. The zero-order chi connectivity index (χ0) is 14.2. The summed E-state index contributed by atoms with van der Waals surface area (Å²) in [5.41, 5.74) is 0.767. The molecule has 0 N–H and O–H groups in total. The Morgan fingerprint density at radius 3 is 1.25 bits per heavy atom. The summed E-state index contributed by atoms with van der Waals surface area (Å²) in [6.45, 7) is 27.8. The summed E-state index contributed by atoms with van der Waals surface area (Å²) in [7, 11) is 0. The van der Waals surface area contributed by atoms with Crippen molar-refractivity contribution in [3.8, 4) is 0 Å². The average Bonchev–Trinajstić information content (AvgIpc) is 1.98. The Bertz CT molecular complexity index is 243. The van der Waals surface area contributed by atoms with E-state index in [1.165, 1.54) is 5.92 Å². The van der Waals surface area contributed by atoms with E-state index in [-0.39, 0.29) is 75.9 Å². The van der Waals surface area contributed by atoms with E-state index < -0.39 is 0 Å². The van der Waals surface area contributed by atoms with Gasteiger partial charge in [-0.25, -0.2) is 0 Å². The van der Waals surface area contributed by atoms with E-state index in [2.05, 4.69) is 76.2 Å². The molecular weight excluding hydrogens is 406 g/mol. The minimum Gasteiger partial charge on any atom is -0.358 e. The van der Waals surface area contributed by atoms with E-state index >= 15 is 0 Å². The molecule has 0 aliphatic heterocycles. The first kappa shape index (κ1) is 29.7. The second-order valence-electron chi connectivity index (χ2n) is 8.54. The number of rotatable bonds is 3. The van der Waals surface area contributed by atoms with Gasteiger partial charge in [0.2, 0.25) is 0 Å². The van der Waals surface area contributed by atoms with Gasteiger partial charge in [-0.2, -0.15) is 25.2 Å². The summed E-state index contributed by atoms with van der Waals surface area (Å²) in [5, 5.41) is 0. The molecule has 0 rings (SSSR count). The molecule has 2 heteroatoms. The standard InChI is InChI=1S/C17H34.CH3.Ru.Y/c1-12(2)17(10,11)14(16(7,8)9)13(3)15(4,5)6;;;/h13-14H,3H2,1-2,4-11H3;1H3;;/q-2;-1;+1;. The van der Waals surface area contributed by atoms with Crippen LogP contribution >= 0.6 is 0 Å². The number of hydrogen-bond acceptors (Lipinski definition) is 0. The van der Waals surface area contributed by atoms with Gasteiger partial charge in [-0.05, 0) is 5.41 Å². The maximum Gasteiger partial charge on any atom is 1.00 e. The maximum absolute atomic E-state index is 4.51. The third-order valence-corrected chi connectivity index (χ3v) is 4.51. The average molecular weight is 443 g/mol. The van der Waals surface area contributed by atoms with E-state index in [1.807, 2.05) is 0 Å². The fraction of sp³-hybridized carbons (Fsp3) is 0.833. The molecule has 0 aliphatic rings. The molecule has 0 saturated carbocycles. The van der Waals surface area contributed by atoms with Crippen LogP contribution in [0.25, 0.3) is 0 Å². The smallest absolute Gasteiger partial charge is 0.358 e. The van der Waals surface area contributed by atoms with Crippen molar-refractivity contribution in [3.05, 3.63) is 20.3 Å². The van der Waals surface area contributed by atoms with Gasteiger partial charge in [0.15, 0.2) is 0 Å². The van der Waals surface area contributed by atoms with Crippen molar-refractivity contribution in [1.29, 1.82) is 0 Å². The van der Waals surface area contributed by atoms with Crippen LogP contribution in [0.2, 0.25) is 0 Å². The van der Waals surface area contributed by atoms with Gasteiger partial charge in [0.1, 0.15) is 0 Å². The van der Waals surface area contributed by atoms with Crippen LogP contribution in [0.3, 0.4) is 0 Å². The fourth-order valence-corrected chi connectivity index (χ4v) is 3.00. The van der Waals surface area contributed by atoms with Gasteiger partial charge >= 0.3 is 19.5 Å². The summed E-state index contributed by atoms with van der Waals surface area (Å²) in [6, 6.07) is 0. The van der Waals surface area contributed by atoms with Crippen LogP contribution in [0.1, 0.15) is 69.2 Å². The Morgan fingerprint density at radius 1 is 0.800 bits per heavy atom. The molecule has 2 atom stereocenters. The third-order valence-electron chi connectivity index (χ3n) is 4.51. The molecule has 0 aromatic heterocycles. The summed E-state index contributed by atoms with van der Waals surface area (Å²) in [4.78, 5) is 0. The minimum absolute atomic E-state index is 0. The summed E-state index contributed by atoms with van der Waals surface area (Å²) in [6.07, 6.45) is 0. The van der Waals surface area contributed by atoms with Crippen LogP contribution in [-0.4, -0.2) is 0 Å². The van der Waals surface area contributed by atoms with Crippen LogP contribution in [-0.2, 0) is 52.2 Å². The molecule has 0 spiro atoms. The molecule has 0 aliphatic carbocycles. The molecule has 0 amide bonds. The molecule has 0 fully saturated rings. The van der Waals surface area contributed by atoms with Crippen LogP contribution in [0.5, 0.6) is 0 Å². The molecule has 122 valence electrons. The SMILES string of the molecule is [CH2-]C(C(C(C)(C)C)C(C)(C)[C-](C)C)C(C)(C)C.[CH3-].[Ru+].[Y]. The summed E-state index contributed by atoms with van der Waals surface area (Å²) in [5.74, 6) is 2.54. The van der Waals surface area contributed by atoms with E-state index in [0.717, 1.165) is 0 Å². The van der Waals surface area contributed by atoms with Gasteiger partial charge in [-0.3, -0.25) is 0 Å². The minimum atomic E-state index is 0. The first-order valence-corrected chi connectivity index (χ1v) is 6.86. The fourth-order valence-electron chi connectivity index (χ4n) is 3.00. The van der Waals surface area contributed by atoms with Crippen molar-refractivity contribution < 1.29 is 52.2 Å². The van der Waals surface area contributed by atoms with Gasteiger partial charge < -0.3 is 20.3 Å². The topological polar surface area (TPSA) is 0 Å². The quantitative estimate of drug-likeness (QED) is 0.358. The Morgan fingerprint density at radius 2 is 1.10 bits per heavy atom. The third kappa shape index (κ3) is 7.83. The van der Waals surface area contributed by atoms with E-state index in [9.17, 15) is 0 Å². The molecular formula is C18H37RuY-2. The Labute approximate surface area is 168 Å². The van der Waals surface area contributed by atoms with Crippen LogP contribution < -0.4 is 0 Å². The van der Waals surface area contributed by atoms with Crippen LogP contribution in [0.15, 0.2) is 0 Å². The normalized spacial score (nSPS) is 15.6. The van der Waals surface area contributed by atoms with Crippen molar-refractivity contribution in [2.45, 2.75) is 69.2 Å². The molecule has 2 radical (unpaired) electrons. The Balaban J connectivity index is -0.000000427. The Hall–Kier alpha value is 1.73. The van der Waals surface area contributed by atoms with Crippen molar-refractivity contribution in [2.24, 2.45) is 28.1 Å². The van der Waals surface area contributed by atoms with Crippen molar-refractivity contribution in [1.82, 2.24) is 0 Å². The molecule has 2 unspecified atom stereocenters. The van der Waals surface area contributed by atoms with Gasteiger partial charge in [0, 0.05) is 32.7 Å². The molecule has 0 aromatic rings. The van der Waals surface area contributed by atoms with E-state index in [4.69, 9.17) is 0 Å². The zero-order valence-corrected chi connectivity index (χ0v) is 20.4. The van der Waals surface area contributed by atoms with Gasteiger partial charge in [0.05, 0.1) is 0 Å². The van der Waals surface area contributed by atoms with E-state index in [0.29, 0.717) is 11.8 Å². The first-order valence-electron chi connectivity index (χ1n) is 6.86. The Kier molecular flexibility index (Phi) is 14.5. The molecule has 0 aromatic carbocycles. The van der Waals surface area contributed by atoms with Gasteiger partial charge in [-0.15, -0.1) is 0 Å². The molecule has 0 bridgehead atoms.